The van der Waals surface area contributed by atoms with Gasteiger partial charge in [-0.25, -0.2) is 0 Å². The molecule has 0 aliphatic heterocycles. The first-order valence-electron chi connectivity index (χ1n) is 2.51. The van der Waals surface area contributed by atoms with Crippen molar-refractivity contribution in [2.24, 2.45) is 0 Å². The summed E-state index contributed by atoms with van der Waals surface area (Å²) in [6, 6.07) is 0. The lowest BCUT2D eigenvalue weighted by molar-refractivity contribution is -0.136. The number of carbonyl (C=O) groups is 2. The van der Waals surface area contributed by atoms with Gasteiger partial charge in [0.05, 0.1) is 0 Å². The highest BCUT2D eigenvalue weighted by molar-refractivity contribution is 5.66. The number of carboxylic acids is 1. The van der Waals surface area contributed by atoms with Gasteiger partial charge in [-0.1, -0.05) is 6.92 Å². The van der Waals surface area contributed by atoms with E-state index in [-0.39, 0.29) is 6.42 Å². The van der Waals surface area contributed by atoms with Crippen LogP contribution in [0.4, 0.5) is 0 Å². The molecule has 9 heavy (non-hydrogen) atoms. The molecule has 0 saturated heterocycles. The van der Waals surface area contributed by atoms with E-state index in [9.17, 15) is 4.79 Å². The van der Waals surface area contributed by atoms with Crippen LogP contribution < -0.4 is 5.32 Å². The van der Waals surface area contributed by atoms with E-state index in [1.807, 2.05) is 0 Å². The number of nitrogens with one attached hydrogen (secondary N) is 1. The van der Waals surface area contributed by atoms with Gasteiger partial charge in [-0.3, -0.25) is 9.59 Å². The Labute approximate surface area is 53.9 Å². The maximum atomic E-state index is 9.37. The molecule has 0 aromatic carbocycles. The molecule has 0 aliphatic carbocycles. The molecule has 0 fully saturated rings. The Balaban J connectivity index is 0. The Hall–Kier alpha value is -1.06. The minimum absolute atomic E-state index is 0.222. The second-order valence-electron chi connectivity index (χ2n) is 1.15. The maximum absolute atomic E-state index is 9.37. The van der Waals surface area contributed by atoms with Gasteiger partial charge in [-0.15, -0.1) is 0 Å². The molecule has 4 nitrogen and oxygen atoms in total. The number of amides is 1. The monoisotopic (exact) mass is 133 g/mol. The lowest BCUT2D eigenvalue weighted by Gasteiger charge is -1.71. The third kappa shape index (κ3) is 45.0. The highest BCUT2D eigenvalue weighted by Crippen LogP contribution is 1.67. The van der Waals surface area contributed by atoms with Crippen LogP contribution in [0.5, 0.6) is 0 Å². The van der Waals surface area contributed by atoms with Gasteiger partial charge < -0.3 is 10.4 Å². The molecule has 0 aromatic heterocycles. The van der Waals surface area contributed by atoms with Crippen LogP contribution in [-0.4, -0.2) is 24.5 Å². The van der Waals surface area contributed by atoms with E-state index in [0.29, 0.717) is 6.41 Å². The van der Waals surface area contributed by atoms with E-state index >= 15 is 0 Å². The fourth-order valence-electron chi connectivity index (χ4n) is 0. The van der Waals surface area contributed by atoms with Gasteiger partial charge in [0.25, 0.3) is 0 Å². The second kappa shape index (κ2) is 10.0. The number of hydrogen-bond donors (Lipinski definition) is 2. The number of aliphatic carboxylic acids is 1. The average Bonchev–Trinajstić information content (AvgIpc) is 1.89. The van der Waals surface area contributed by atoms with Gasteiger partial charge in [0.2, 0.25) is 6.41 Å². The summed E-state index contributed by atoms with van der Waals surface area (Å²) in [4.78, 5) is 18.4. The molecule has 0 heterocycles. The van der Waals surface area contributed by atoms with Crippen molar-refractivity contribution < 1.29 is 14.7 Å². The summed E-state index contributed by atoms with van der Waals surface area (Å²) in [6.07, 6.45) is 0.847. The zero-order valence-corrected chi connectivity index (χ0v) is 5.55. The van der Waals surface area contributed by atoms with Gasteiger partial charge >= 0.3 is 5.97 Å². The molecule has 0 unspecified atom stereocenters. The topological polar surface area (TPSA) is 66.4 Å². The van der Waals surface area contributed by atoms with E-state index in [4.69, 9.17) is 9.90 Å². The Morgan fingerprint density at radius 1 is 1.78 bits per heavy atom. The number of carboxylic acid groups (broad SMARTS) is 1. The van der Waals surface area contributed by atoms with Crippen LogP contribution in [-0.2, 0) is 9.59 Å². The van der Waals surface area contributed by atoms with Crippen molar-refractivity contribution in [2.75, 3.05) is 7.05 Å². The molecular formula is C5H11NO3. The van der Waals surface area contributed by atoms with Crippen LogP contribution in [0.15, 0.2) is 0 Å². The van der Waals surface area contributed by atoms with E-state index in [0.717, 1.165) is 0 Å². The zero-order chi connectivity index (χ0) is 7.70. The van der Waals surface area contributed by atoms with Crippen LogP contribution in [0.1, 0.15) is 13.3 Å². The second-order valence-corrected chi connectivity index (χ2v) is 1.15. The maximum Gasteiger partial charge on any atom is 0.303 e. The van der Waals surface area contributed by atoms with E-state index in [2.05, 4.69) is 5.32 Å². The predicted octanol–water partition coefficient (Wildman–Crippen LogP) is -0.157. The molecule has 0 atom stereocenters. The third-order valence-electron chi connectivity index (χ3n) is 0.420. The molecule has 0 aliphatic rings. The Bertz CT molecular complexity index is 82.3. The smallest absolute Gasteiger partial charge is 0.303 e. The van der Waals surface area contributed by atoms with Gasteiger partial charge in [0.1, 0.15) is 0 Å². The third-order valence-corrected chi connectivity index (χ3v) is 0.420. The number of carbonyl (C=O) groups excluding carboxylic acids is 1. The largest absolute Gasteiger partial charge is 0.481 e. The van der Waals surface area contributed by atoms with Gasteiger partial charge in [-0.2, -0.15) is 0 Å². The summed E-state index contributed by atoms with van der Waals surface area (Å²) < 4.78 is 0. The fraction of sp³-hybridized carbons (Fsp3) is 0.600. The Morgan fingerprint density at radius 3 is 2.00 bits per heavy atom. The van der Waals surface area contributed by atoms with Crippen LogP contribution in [0, 0.1) is 0 Å². The molecule has 54 valence electrons. The van der Waals surface area contributed by atoms with Crippen LogP contribution in [0.2, 0.25) is 0 Å². The summed E-state index contributed by atoms with van der Waals surface area (Å²) in [5.74, 6) is -0.745. The normalized spacial score (nSPS) is 6.44. The van der Waals surface area contributed by atoms with Crippen molar-refractivity contribution >= 4 is 12.4 Å². The summed E-state index contributed by atoms with van der Waals surface area (Å²) in [5, 5.41) is 9.97. The van der Waals surface area contributed by atoms with Crippen molar-refractivity contribution in [2.45, 2.75) is 13.3 Å². The Morgan fingerprint density at radius 2 is 2.00 bits per heavy atom. The highest BCUT2D eigenvalue weighted by Gasteiger charge is 1.80. The van der Waals surface area contributed by atoms with Gasteiger partial charge in [0.15, 0.2) is 0 Å². The van der Waals surface area contributed by atoms with E-state index in [1.54, 1.807) is 14.0 Å². The lowest BCUT2D eigenvalue weighted by Crippen LogP contribution is -1.98. The van der Waals surface area contributed by atoms with Crippen LogP contribution in [0.3, 0.4) is 0 Å². The molecule has 2 N–H and O–H groups in total. The summed E-state index contributed by atoms with van der Waals surface area (Å²) in [5.41, 5.74) is 0. The lowest BCUT2D eigenvalue weighted by atomic mass is 10.5. The minimum Gasteiger partial charge on any atom is -0.481 e. The van der Waals surface area contributed by atoms with Crippen molar-refractivity contribution in [3.05, 3.63) is 0 Å². The molecule has 0 radical (unpaired) electrons. The Kier molecular flexibility index (Phi) is 12.1. The molecule has 0 spiro atoms. The number of hydrogen-bond acceptors (Lipinski definition) is 2. The van der Waals surface area contributed by atoms with Crippen molar-refractivity contribution in [3.8, 4) is 0 Å². The molecule has 0 saturated carbocycles. The van der Waals surface area contributed by atoms with Gasteiger partial charge in [-0.05, 0) is 0 Å². The van der Waals surface area contributed by atoms with Gasteiger partial charge in [0, 0.05) is 13.5 Å². The first-order chi connectivity index (χ1) is 4.18. The summed E-state index contributed by atoms with van der Waals surface area (Å²) in [6.45, 7) is 1.60. The molecule has 4 heteroatoms. The minimum atomic E-state index is -0.745. The summed E-state index contributed by atoms with van der Waals surface area (Å²) in [7, 11) is 1.56. The summed E-state index contributed by atoms with van der Waals surface area (Å²) >= 11 is 0. The first kappa shape index (κ1) is 10.8. The molecule has 1 amide bonds. The molecule has 0 aromatic rings. The standard InChI is InChI=1S/C3H6O2.C2H5NO/c1-2-3(4)5;1-3-2-4/h2H2,1H3,(H,4,5);2H,1H3,(H,3,4). The van der Waals surface area contributed by atoms with Crippen LogP contribution >= 0.6 is 0 Å². The number of rotatable bonds is 2. The molecular weight excluding hydrogens is 122 g/mol. The van der Waals surface area contributed by atoms with Crippen LogP contribution in [0.25, 0.3) is 0 Å². The molecule has 0 bridgehead atoms. The zero-order valence-electron chi connectivity index (χ0n) is 5.55. The van der Waals surface area contributed by atoms with Crippen molar-refractivity contribution in [1.82, 2.24) is 5.32 Å². The SMILES string of the molecule is CCC(=O)O.CNC=O. The van der Waals surface area contributed by atoms with E-state index < -0.39 is 5.97 Å². The van der Waals surface area contributed by atoms with E-state index in [1.165, 1.54) is 0 Å². The predicted molar refractivity (Wildman–Crippen MR) is 33.1 cm³/mol. The fourth-order valence-corrected chi connectivity index (χ4v) is 0. The highest BCUT2D eigenvalue weighted by atomic mass is 16.4. The molecule has 0 rings (SSSR count). The average molecular weight is 133 g/mol. The van der Waals surface area contributed by atoms with Crippen molar-refractivity contribution in [1.29, 1.82) is 0 Å². The van der Waals surface area contributed by atoms with Crippen molar-refractivity contribution in [3.63, 3.8) is 0 Å². The quantitative estimate of drug-likeness (QED) is 0.514. The first-order valence-corrected chi connectivity index (χ1v) is 2.51.